The predicted octanol–water partition coefficient (Wildman–Crippen LogP) is 5.31. The zero-order valence-corrected chi connectivity index (χ0v) is 17.3. The van der Waals surface area contributed by atoms with Gasteiger partial charge < -0.3 is 9.64 Å². The maximum absolute atomic E-state index is 5.95. The van der Waals surface area contributed by atoms with E-state index in [1.807, 2.05) is 60.9 Å². The largest absolute Gasteiger partial charge is 0.487 e. The number of hydrogen-bond acceptors (Lipinski definition) is 4. The third-order valence-electron chi connectivity index (χ3n) is 4.80. The maximum atomic E-state index is 5.95. The van der Waals surface area contributed by atoms with Crippen LogP contribution in [-0.4, -0.2) is 35.5 Å². The number of aromatic nitrogens is 2. The molecule has 0 aliphatic carbocycles. The van der Waals surface area contributed by atoms with E-state index in [9.17, 15) is 0 Å². The first-order valence-corrected chi connectivity index (χ1v) is 10.0. The van der Waals surface area contributed by atoms with E-state index in [-0.39, 0.29) is 0 Å². The molecule has 4 nitrogen and oxygen atoms in total. The van der Waals surface area contributed by atoms with Gasteiger partial charge in [-0.3, -0.25) is 4.98 Å². The van der Waals surface area contributed by atoms with E-state index in [0.717, 1.165) is 34.5 Å². The molecule has 0 saturated heterocycles. The van der Waals surface area contributed by atoms with Crippen molar-refractivity contribution in [1.29, 1.82) is 0 Å². The standard InChI is InChI=1S/C26H25N3O/c1-29(2)18-23(21-13-15-27-16-14-21)17-20-7-11-25(12-8-20)30-19-24-10-9-22-5-3-4-6-26(22)28-24/h3-17H,18-19H2,1-2H3. The van der Waals surface area contributed by atoms with Crippen molar-refractivity contribution >= 4 is 22.6 Å². The van der Waals surface area contributed by atoms with Gasteiger partial charge in [0, 0.05) is 24.3 Å². The molecule has 4 heteroatoms. The van der Waals surface area contributed by atoms with Crippen LogP contribution in [0.4, 0.5) is 0 Å². The second-order valence-corrected chi connectivity index (χ2v) is 7.50. The Balaban J connectivity index is 1.46. The van der Waals surface area contributed by atoms with Crippen molar-refractivity contribution < 1.29 is 4.74 Å². The van der Waals surface area contributed by atoms with Gasteiger partial charge >= 0.3 is 0 Å². The minimum atomic E-state index is 0.447. The molecule has 0 spiro atoms. The van der Waals surface area contributed by atoms with Crippen molar-refractivity contribution in [3.63, 3.8) is 0 Å². The summed E-state index contributed by atoms with van der Waals surface area (Å²) in [6, 6.07) is 24.5. The second kappa shape index (κ2) is 9.33. The number of hydrogen-bond donors (Lipinski definition) is 0. The molecule has 0 N–H and O–H groups in total. The van der Waals surface area contributed by atoms with Crippen molar-refractivity contribution in [1.82, 2.24) is 14.9 Å². The van der Waals surface area contributed by atoms with Crippen molar-refractivity contribution in [2.24, 2.45) is 0 Å². The van der Waals surface area contributed by atoms with E-state index in [0.29, 0.717) is 6.61 Å². The lowest BCUT2D eigenvalue weighted by atomic mass is 10.0. The Labute approximate surface area is 177 Å². The minimum absolute atomic E-state index is 0.447. The first-order valence-electron chi connectivity index (χ1n) is 10.0. The second-order valence-electron chi connectivity index (χ2n) is 7.50. The fraction of sp³-hybridized carbons (Fsp3) is 0.154. The highest BCUT2D eigenvalue weighted by Crippen LogP contribution is 2.21. The van der Waals surface area contributed by atoms with Crippen LogP contribution in [0.15, 0.2) is 85.2 Å². The van der Waals surface area contributed by atoms with Gasteiger partial charge in [0.25, 0.3) is 0 Å². The number of rotatable bonds is 7. The van der Waals surface area contributed by atoms with Crippen LogP contribution in [0.2, 0.25) is 0 Å². The molecule has 2 aromatic carbocycles. The first-order chi connectivity index (χ1) is 14.7. The molecule has 0 amide bonds. The molecule has 2 heterocycles. The van der Waals surface area contributed by atoms with Crippen LogP contribution >= 0.6 is 0 Å². The van der Waals surface area contributed by atoms with Gasteiger partial charge in [-0.15, -0.1) is 0 Å². The fourth-order valence-electron chi connectivity index (χ4n) is 3.33. The smallest absolute Gasteiger partial charge is 0.130 e. The molecular formula is C26H25N3O. The Morgan fingerprint density at radius 2 is 1.67 bits per heavy atom. The highest BCUT2D eigenvalue weighted by molar-refractivity contribution is 5.82. The Hall–Kier alpha value is -3.50. The molecule has 0 aliphatic heterocycles. The van der Waals surface area contributed by atoms with Crippen molar-refractivity contribution in [3.05, 3.63) is 102 Å². The van der Waals surface area contributed by atoms with Crippen LogP contribution < -0.4 is 4.74 Å². The number of ether oxygens (including phenoxy) is 1. The topological polar surface area (TPSA) is 38.2 Å². The van der Waals surface area contributed by atoms with E-state index in [1.54, 1.807) is 0 Å². The van der Waals surface area contributed by atoms with Crippen LogP contribution in [0, 0.1) is 0 Å². The summed E-state index contributed by atoms with van der Waals surface area (Å²) in [7, 11) is 4.15. The monoisotopic (exact) mass is 395 g/mol. The average Bonchev–Trinajstić information content (AvgIpc) is 2.78. The maximum Gasteiger partial charge on any atom is 0.130 e. The molecule has 0 aliphatic rings. The molecule has 4 rings (SSSR count). The van der Waals surface area contributed by atoms with E-state index in [2.05, 4.69) is 59.3 Å². The zero-order valence-electron chi connectivity index (χ0n) is 17.3. The molecule has 0 fully saturated rings. The summed E-state index contributed by atoms with van der Waals surface area (Å²) in [5.41, 5.74) is 5.48. The van der Waals surface area contributed by atoms with Gasteiger partial charge in [0.2, 0.25) is 0 Å². The van der Waals surface area contributed by atoms with Gasteiger partial charge in [-0.05, 0) is 73.3 Å². The lowest BCUT2D eigenvalue weighted by Gasteiger charge is -2.14. The quantitative estimate of drug-likeness (QED) is 0.425. The summed E-state index contributed by atoms with van der Waals surface area (Å²) in [6.07, 6.45) is 5.87. The van der Waals surface area contributed by atoms with Crippen LogP contribution in [0.3, 0.4) is 0 Å². The molecule has 0 atom stereocenters. The third kappa shape index (κ3) is 5.10. The molecule has 2 aromatic heterocycles. The average molecular weight is 396 g/mol. The van der Waals surface area contributed by atoms with E-state index >= 15 is 0 Å². The molecule has 30 heavy (non-hydrogen) atoms. The molecule has 0 bridgehead atoms. The van der Waals surface area contributed by atoms with Crippen molar-refractivity contribution in [2.75, 3.05) is 20.6 Å². The lowest BCUT2D eigenvalue weighted by Crippen LogP contribution is -2.14. The molecule has 0 radical (unpaired) electrons. The van der Waals surface area contributed by atoms with Crippen LogP contribution in [0.25, 0.3) is 22.6 Å². The summed E-state index contributed by atoms with van der Waals surface area (Å²) >= 11 is 0. The summed E-state index contributed by atoms with van der Waals surface area (Å²) in [5, 5.41) is 1.14. The van der Waals surface area contributed by atoms with Gasteiger partial charge in [0.15, 0.2) is 0 Å². The van der Waals surface area contributed by atoms with Gasteiger partial charge in [-0.25, -0.2) is 4.98 Å². The van der Waals surface area contributed by atoms with E-state index in [1.165, 1.54) is 11.1 Å². The SMILES string of the molecule is CN(C)CC(=Cc1ccc(OCc2ccc3ccccc3n2)cc1)c1ccncc1. The normalized spacial score (nSPS) is 11.8. The highest BCUT2D eigenvalue weighted by atomic mass is 16.5. The zero-order chi connectivity index (χ0) is 20.8. The molecular weight excluding hydrogens is 370 g/mol. The Morgan fingerprint density at radius 1 is 0.900 bits per heavy atom. The number of para-hydroxylation sites is 1. The predicted molar refractivity (Wildman–Crippen MR) is 123 cm³/mol. The van der Waals surface area contributed by atoms with Crippen molar-refractivity contribution in [3.8, 4) is 5.75 Å². The Morgan fingerprint density at radius 3 is 2.43 bits per heavy atom. The Kier molecular flexibility index (Phi) is 6.16. The third-order valence-corrected chi connectivity index (χ3v) is 4.80. The van der Waals surface area contributed by atoms with Gasteiger partial charge in [0.05, 0.1) is 11.2 Å². The van der Waals surface area contributed by atoms with E-state index in [4.69, 9.17) is 4.74 Å². The highest BCUT2D eigenvalue weighted by Gasteiger charge is 2.05. The number of fused-ring (bicyclic) bond motifs is 1. The minimum Gasteiger partial charge on any atom is -0.487 e. The van der Waals surface area contributed by atoms with Gasteiger partial charge in [0.1, 0.15) is 12.4 Å². The van der Waals surface area contributed by atoms with Gasteiger partial charge in [-0.2, -0.15) is 0 Å². The summed E-state index contributed by atoms with van der Waals surface area (Å²) in [4.78, 5) is 11.0. The molecule has 4 aromatic rings. The lowest BCUT2D eigenvalue weighted by molar-refractivity contribution is 0.302. The number of benzene rings is 2. The van der Waals surface area contributed by atoms with Crippen LogP contribution in [0.1, 0.15) is 16.8 Å². The molecule has 150 valence electrons. The summed E-state index contributed by atoms with van der Waals surface area (Å²) in [6.45, 7) is 1.30. The number of pyridine rings is 2. The van der Waals surface area contributed by atoms with Crippen LogP contribution in [-0.2, 0) is 6.61 Å². The fourth-order valence-corrected chi connectivity index (χ4v) is 3.33. The number of nitrogens with zero attached hydrogens (tertiary/aromatic N) is 3. The first kappa shape index (κ1) is 19.8. The summed E-state index contributed by atoms with van der Waals surface area (Å²) in [5.74, 6) is 0.833. The van der Waals surface area contributed by atoms with Crippen LogP contribution in [0.5, 0.6) is 5.75 Å². The van der Waals surface area contributed by atoms with E-state index < -0.39 is 0 Å². The van der Waals surface area contributed by atoms with Crippen molar-refractivity contribution in [2.45, 2.75) is 6.61 Å². The Bertz CT molecular complexity index is 1140. The van der Waals surface area contributed by atoms with Gasteiger partial charge in [-0.1, -0.05) is 36.4 Å². The molecule has 0 unspecified atom stereocenters. The molecule has 0 saturated carbocycles. The summed E-state index contributed by atoms with van der Waals surface area (Å²) < 4.78 is 5.95. The number of likely N-dealkylation sites (N-methyl/N-ethyl adjacent to an activating group) is 1.